The summed E-state index contributed by atoms with van der Waals surface area (Å²) in [5.74, 6) is -0.707. The van der Waals surface area contributed by atoms with E-state index in [1.165, 1.54) is 12.7 Å². The first kappa shape index (κ1) is 22.6. The number of aromatic nitrogens is 1. The first-order chi connectivity index (χ1) is 15.4. The average molecular weight is 520 g/mol. The number of piperazine rings is 1. The van der Waals surface area contributed by atoms with E-state index in [4.69, 9.17) is 16.3 Å². The van der Waals surface area contributed by atoms with Crippen LogP contribution in [-0.2, 0) is 9.53 Å². The Morgan fingerprint density at radius 3 is 2.62 bits per heavy atom. The smallest absolute Gasteiger partial charge is 0.356 e. The van der Waals surface area contributed by atoms with Crippen molar-refractivity contribution in [1.82, 2.24) is 9.88 Å². The van der Waals surface area contributed by atoms with E-state index in [1.54, 1.807) is 0 Å². The normalized spacial score (nSPS) is 14.6. The highest BCUT2D eigenvalue weighted by Gasteiger charge is 2.23. The standard InChI is InChI=1S/C23H24BrClN4O3/c1-14-3-5-16(25)12-19(14)29-9-7-28(8-10-29)13-20(30)27-21-17-11-15(24)4-6-18(17)26-22(21)23(31)32-2/h3-6,11-12,26H,7-10,13H2,1-2H3,(H,27,30). The largest absolute Gasteiger partial charge is 0.464 e. The number of hydrogen-bond acceptors (Lipinski definition) is 5. The van der Waals surface area contributed by atoms with Gasteiger partial charge >= 0.3 is 5.97 Å². The second-order valence-electron chi connectivity index (χ2n) is 7.80. The lowest BCUT2D eigenvalue weighted by Gasteiger charge is -2.36. The molecule has 0 radical (unpaired) electrons. The quantitative estimate of drug-likeness (QED) is 0.488. The summed E-state index contributed by atoms with van der Waals surface area (Å²) in [7, 11) is 1.32. The van der Waals surface area contributed by atoms with Crippen LogP contribution < -0.4 is 10.2 Å². The topological polar surface area (TPSA) is 77.7 Å². The number of esters is 1. The molecule has 2 N–H and O–H groups in total. The van der Waals surface area contributed by atoms with E-state index >= 15 is 0 Å². The minimum Gasteiger partial charge on any atom is -0.464 e. The molecule has 0 saturated carbocycles. The molecule has 3 aromatic rings. The number of ether oxygens (including phenoxy) is 1. The van der Waals surface area contributed by atoms with Crippen molar-refractivity contribution in [2.45, 2.75) is 6.92 Å². The van der Waals surface area contributed by atoms with Crippen LogP contribution in [0.5, 0.6) is 0 Å². The molecule has 0 atom stereocenters. The molecule has 0 spiro atoms. The lowest BCUT2D eigenvalue weighted by atomic mass is 10.1. The van der Waals surface area contributed by atoms with Gasteiger partial charge in [-0.05, 0) is 42.8 Å². The first-order valence-corrected chi connectivity index (χ1v) is 11.5. The first-order valence-electron chi connectivity index (χ1n) is 10.3. The van der Waals surface area contributed by atoms with Crippen LogP contribution in [0.1, 0.15) is 16.1 Å². The molecule has 4 rings (SSSR count). The Morgan fingerprint density at radius 2 is 1.91 bits per heavy atom. The zero-order valence-electron chi connectivity index (χ0n) is 17.9. The van der Waals surface area contributed by atoms with Gasteiger partial charge in [-0.1, -0.05) is 33.6 Å². The molecule has 1 saturated heterocycles. The van der Waals surface area contributed by atoms with E-state index < -0.39 is 5.97 Å². The molecule has 9 heteroatoms. The molecule has 1 aromatic heterocycles. The molecule has 1 aliphatic rings. The summed E-state index contributed by atoms with van der Waals surface area (Å²) >= 11 is 9.62. The average Bonchev–Trinajstić information content (AvgIpc) is 3.13. The number of amides is 1. The summed E-state index contributed by atoms with van der Waals surface area (Å²) in [4.78, 5) is 32.5. The molecule has 1 aliphatic heterocycles. The van der Waals surface area contributed by atoms with Crippen LogP contribution >= 0.6 is 27.5 Å². The summed E-state index contributed by atoms with van der Waals surface area (Å²) in [5, 5.41) is 4.38. The molecule has 2 heterocycles. The number of anilines is 2. The third kappa shape index (κ3) is 4.77. The van der Waals surface area contributed by atoms with Crippen molar-refractivity contribution in [3.8, 4) is 0 Å². The lowest BCUT2D eigenvalue weighted by molar-refractivity contribution is -0.117. The van der Waals surface area contributed by atoms with Crippen molar-refractivity contribution < 1.29 is 14.3 Å². The second kappa shape index (κ2) is 9.52. The second-order valence-corrected chi connectivity index (χ2v) is 9.15. The number of aromatic amines is 1. The Morgan fingerprint density at radius 1 is 1.16 bits per heavy atom. The highest BCUT2D eigenvalue weighted by Crippen LogP contribution is 2.31. The van der Waals surface area contributed by atoms with Gasteiger partial charge in [0.2, 0.25) is 5.91 Å². The van der Waals surface area contributed by atoms with Gasteiger partial charge in [0.15, 0.2) is 0 Å². The number of carbonyl (C=O) groups is 2. The van der Waals surface area contributed by atoms with Gasteiger partial charge in [0.05, 0.1) is 19.3 Å². The highest BCUT2D eigenvalue weighted by atomic mass is 79.9. The molecule has 0 bridgehead atoms. The van der Waals surface area contributed by atoms with E-state index in [0.29, 0.717) is 5.69 Å². The molecule has 0 unspecified atom stereocenters. The third-order valence-electron chi connectivity index (χ3n) is 5.67. The van der Waals surface area contributed by atoms with E-state index in [1.807, 2.05) is 36.4 Å². The molecule has 168 valence electrons. The van der Waals surface area contributed by atoms with Crippen LogP contribution in [0, 0.1) is 6.92 Å². The number of benzene rings is 2. The number of H-pyrrole nitrogens is 1. The molecule has 0 aliphatic carbocycles. The van der Waals surface area contributed by atoms with Crippen LogP contribution in [0.3, 0.4) is 0 Å². The maximum atomic E-state index is 12.9. The fourth-order valence-corrected chi connectivity index (χ4v) is 4.53. The lowest BCUT2D eigenvalue weighted by Crippen LogP contribution is -2.48. The maximum absolute atomic E-state index is 12.9. The molecule has 1 amide bonds. The maximum Gasteiger partial charge on any atom is 0.356 e. The summed E-state index contributed by atoms with van der Waals surface area (Å²) in [6, 6.07) is 11.5. The number of methoxy groups -OCH3 is 1. The number of halogens is 2. The summed E-state index contributed by atoms with van der Waals surface area (Å²) in [5.41, 5.74) is 3.73. The van der Waals surface area contributed by atoms with Gasteiger partial charge in [-0.2, -0.15) is 0 Å². The summed E-state index contributed by atoms with van der Waals surface area (Å²) in [6.45, 7) is 5.43. The number of nitrogens with one attached hydrogen (secondary N) is 2. The molecule has 1 fully saturated rings. The third-order valence-corrected chi connectivity index (χ3v) is 6.39. The molecule has 32 heavy (non-hydrogen) atoms. The summed E-state index contributed by atoms with van der Waals surface area (Å²) < 4.78 is 5.73. The summed E-state index contributed by atoms with van der Waals surface area (Å²) in [6.07, 6.45) is 0. The molecule has 2 aromatic carbocycles. The monoisotopic (exact) mass is 518 g/mol. The van der Waals surface area contributed by atoms with Crippen molar-refractivity contribution in [1.29, 1.82) is 0 Å². The fraction of sp³-hybridized carbons (Fsp3) is 0.304. The van der Waals surface area contributed by atoms with Crippen LogP contribution in [0.2, 0.25) is 5.02 Å². The number of nitrogens with zero attached hydrogens (tertiary/aromatic N) is 2. The van der Waals surface area contributed by atoms with Crippen LogP contribution in [0.25, 0.3) is 10.9 Å². The van der Waals surface area contributed by atoms with Gasteiger partial charge in [0.25, 0.3) is 0 Å². The number of fused-ring (bicyclic) bond motifs is 1. The van der Waals surface area contributed by atoms with Crippen LogP contribution in [0.15, 0.2) is 40.9 Å². The number of aryl methyl sites for hydroxylation is 1. The van der Waals surface area contributed by atoms with Crippen LogP contribution in [0.4, 0.5) is 11.4 Å². The zero-order chi connectivity index (χ0) is 22.8. The minimum atomic E-state index is -0.530. The Kier molecular flexibility index (Phi) is 6.74. The highest BCUT2D eigenvalue weighted by molar-refractivity contribution is 9.10. The van der Waals surface area contributed by atoms with Crippen molar-refractivity contribution in [3.05, 3.63) is 57.2 Å². The minimum absolute atomic E-state index is 0.177. The van der Waals surface area contributed by atoms with Gasteiger partial charge < -0.3 is 19.9 Å². The predicted octanol–water partition coefficient (Wildman–Crippen LogP) is 4.44. The fourth-order valence-electron chi connectivity index (χ4n) is 4.00. The zero-order valence-corrected chi connectivity index (χ0v) is 20.2. The van der Waals surface area contributed by atoms with E-state index in [2.05, 4.69) is 43.0 Å². The number of hydrogen-bond donors (Lipinski definition) is 2. The predicted molar refractivity (Wildman–Crippen MR) is 131 cm³/mol. The van der Waals surface area contributed by atoms with E-state index in [9.17, 15) is 9.59 Å². The van der Waals surface area contributed by atoms with E-state index in [-0.39, 0.29) is 18.1 Å². The molecule has 7 nitrogen and oxygen atoms in total. The van der Waals surface area contributed by atoms with Gasteiger partial charge in [-0.3, -0.25) is 9.69 Å². The van der Waals surface area contributed by atoms with Crippen LogP contribution in [-0.4, -0.2) is 61.6 Å². The Labute approximate surface area is 199 Å². The Bertz CT molecular complexity index is 1170. The Balaban J connectivity index is 1.44. The van der Waals surface area contributed by atoms with E-state index in [0.717, 1.165) is 52.3 Å². The van der Waals surface area contributed by atoms with Crippen molar-refractivity contribution in [2.24, 2.45) is 0 Å². The van der Waals surface area contributed by atoms with Gasteiger partial charge in [-0.15, -0.1) is 0 Å². The van der Waals surface area contributed by atoms with Gasteiger partial charge in [-0.25, -0.2) is 4.79 Å². The Hall–Kier alpha value is -2.55. The van der Waals surface area contributed by atoms with Crippen molar-refractivity contribution in [2.75, 3.05) is 50.1 Å². The molecular formula is C23H24BrClN4O3. The molecular weight excluding hydrogens is 496 g/mol. The van der Waals surface area contributed by atoms with Gasteiger partial charge in [0, 0.05) is 52.3 Å². The van der Waals surface area contributed by atoms with Gasteiger partial charge in [0.1, 0.15) is 5.69 Å². The number of rotatable bonds is 5. The van der Waals surface area contributed by atoms with Crippen molar-refractivity contribution in [3.63, 3.8) is 0 Å². The number of carbonyl (C=O) groups excluding carboxylic acids is 2. The SMILES string of the molecule is COC(=O)c1[nH]c2ccc(Br)cc2c1NC(=O)CN1CCN(c2cc(Cl)ccc2C)CC1. The van der Waals surface area contributed by atoms with Crippen molar-refractivity contribution >= 4 is 61.7 Å².